The van der Waals surface area contributed by atoms with E-state index >= 15 is 0 Å². The van der Waals surface area contributed by atoms with Gasteiger partial charge in [0.2, 0.25) is 10.0 Å². The Kier molecular flexibility index (Phi) is 8.22. The highest BCUT2D eigenvalue weighted by Crippen LogP contribution is 2.30. The third-order valence-corrected chi connectivity index (χ3v) is 10.1. The van der Waals surface area contributed by atoms with Gasteiger partial charge in [0.1, 0.15) is 11.9 Å². The van der Waals surface area contributed by atoms with E-state index in [0.717, 1.165) is 54.0 Å². The fourth-order valence-electron chi connectivity index (χ4n) is 5.77. The predicted molar refractivity (Wildman–Crippen MR) is 166 cm³/mol. The molecule has 6 N–H and O–H groups in total. The number of hydrogen-bond donors (Lipinski definition) is 5. The first-order valence-electron chi connectivity index (χ1n) is 14.5. The summed E-state index contributed by atoms with van der Waals surface area (Å²) in [5.74, 6) is 0.183. The van der Waals surface area contributed by atoms with Gasteiger partial charge in [0.05, 0.1) is 10.6 Å². The van der Waals surface area contributed by atoms with Crippen LogP contribution in [0, 0.1) is 0 Å². The van der Waals surface area contributed by atoms with Crippen molar-refractivity contribution in [2.75, 3.05) is 24.5 Å². The summed E-state index contributed by atoms with van der Waals surface area (Å²) < 4.78 is 30.0. The number of urea groups is 1. The molecule has 1 fully saturated rings. The lowest BCUT2D eigenvalue weighted by Gasteiger charge is -2.34. The van der Waals surface area contributed by atoms with Crippen LogP contribution in [0.3, 0.4) is 0 Å². The number of fused-ring (bicyclic) bond motifs is 1. The number of sulfonamides is 1. The molecule has 0 radical (unpaired) electrons. The van der Waals surface area contributed by atoms with Crippen molar-refractivity contribution >= 4 is 27.4 Å². The third-order valence-electron chi connectivity index (χ3n) is 8.18. The van der Waals surface area contributed by atoms with Crippen molar-refractivity contribution in [3.05, 3.63) is 107 Å². The quantitative estimate of drug-likeness (QED) is 0.254. The van der Waals surface area contributed by atoms with Crippen molar-refractivity contribution in [2.45, 2.75) is 42.9 Å². The van der Waals surface area contributed by atoms with E-state index in [9.17, 15) is 18.3 Å². The van der Waals surface area contributed by atoms with Gasteiger partial charge in [0, 0.05) is 36.6 Å². The Bertz CT molecular complexity index is 1650. The average Bonchev–Trinajstić information content (AvgIpc) is 3.45. The molecule has 3 aliphatic rings. The van der Waals surface area contributed by atoms with E-state index in [1.165, 1.54) is 0 Å². The number of nitrogens with zero attached hydrogens (tertiary/aromatic N) is 2. The maximum Gasteiger partial charge on any atom is 0.327 e. The van der Waals surface area contributed by atoms with Crippen molar-refractivity contribution in [1.82, 2.24) is 20.3 Å². The number of nitrogens with two attached hydrogens (primary N) is 1. The van der Waals surface area contributed by atoms with Crippen LogP contribution in [0.2, 0.25) is 0 Å². The number of phenols is 1. The maximum atomic E-state index is 14.2. The summed E-state index contributed by atoms with van der Waals surface area (Å²) >= 11 is 0. The minimum absolute atomic E-state index is 0.107. The molecule has 3 aromatic rings. The van der Waals surface area contributed by atoms with Gasteiger partial charge in [-0.3, -0.25) is 4.90 Å². The summed E-state index contributed by atoms with van der Waals surface area (Å²) in [6, 6.07) is 21.0. The summed E-state index contributed by atoms with van der Waals surface area (Å²) in [5, 5.41) is 19.3. The minimum atomic E-state index is -3.82. The summed E-state index contributed by atoms with van der Waals surface area (Å²) in [5.41, 5.74) is 10.7. The summed E-state index contributed by atoms with van der Waals surface area (Å²) in [6.45, 7) is 2.30. The van der Waals surface area contributed by atoms with Crippen LogP contribution in [0.15, 0.2) is 95.5 Å². The maximum absolute atomic E-state index is 14.2. The van der Waals surface area contributed by atoms with Gasteiger partial charge in [-0.2, -0.15) is 4.31 Å². The van der Waals surface area contributed by atoms with Gasteiger partial charge in [-0.25, -0.2) is 13.2 Å². The molecule has 224 valence electrons. The SMILES string of the molecule is NCc1ccc(N2C=C3C=C(c4cccc(S(=O)(=O)N(CCc5ccc(O)cc5)C5CCNCC5)c4)NC3NC2=O)cc1. The van der Waals surface area contributed by atoms with Gasteiger partial charge >= 0.3 is 6.03 Å². The molecule has 2 amide bonds. The molecular weight excluding hydrogens is 564 g/mol. The number of phenolic OH excluding ortho intramolecular Hbond substituents is 1. The molecule has 10 nitrogen and oxygen atoms in total. The van der Waals surface area contributed by atoms with Gasteiger partial charge in [0.25, 0.3) is 0 Å². The highest BCUT2D eigenvalue weighted by atomic mass is 32.2. The van der Waals surface area contributed by atoms with E-state index in [4.69, 9.17) is 5.73 Å². The first-order chi connectivity index (χ1) is 20.8. The molecule has 3 aliphatic heterocycles. The van der Waals surface area contributed by atoms with Crippen LogP contribution >= 0.6 is 0 Å². The van der Waals surface area contributed by atoms with Gasteiger partial charge in [-0.15, -0.1) is 0 Å². The Morgan fingerprint density at radius 1 is 0.953 bits per heavy atom. The second-order valence-corrected chi connectivity index (χ2v) is 12.9. The molecule has 11 heteroatoms. The number of nitrogens with one attached hydrogen (secondary N) is 3. The number of aromatic hydroxyl groups is 1. The molecular formula is C32H36N6O4S. The Hall–Kier alpha value is -4.16. The van der Waals surface area contributed by atoms with Gasteiger partial charge in [-0.05, 0) is 91.5 Å². The van der Waals surface area contributed by atoms with E-state index in [1.54, 1.807) is 45.7 Å². The fourth-order valence-corrected chi connectivity index (χ4v) is 7.50. The lowest BCUT2D eigenvalue weighted by Crippen LogP contribution is -2.51. The summed E-state index contributed by atoms with van der Waals surface area (Å²) in [7, 11) is -3.82. The monoisotopic (exact) mass is 600 g/mol. The van der Waals surface area contributed by atoms with Gasteiger partial charge in [0.15, 0.2) is 0 Å². The van der Waals surface area contributed by atoms with Crippen molar-refractivity contribution in [2.24, 2.45) is 5.73 Å². The summed E-state index contributed by atoms with van der Waals surface area (Å²) in [4.78, 5) is 14.7. The molecule has 0 bridgehead atoms. The van der Waals surface area contributed by atoms with Gasteiger partial charge < -0.3 is 26.8 Å². The van der Waals surface area contributed by atoms with Crippen molar-refractivity contribution in [3.63, 3.8) is 0 Å². The lowest BCUT2D eigenvalue weighted by atomic mass is 10.1. The molecule has 0 aliphatic carbocycles. The smallest absolute Gasteiger partial charge is 0.327 e. The Labute approximate surface area is 251 Å². The lowest BCUT2D eigenvalue weighted by molar-refractivity contribution is 0.244. The second kappa shape index (κ2) is 12.2. The van der Waals surface area contributed by atoms with Crippen LogP contribution in [0.1, 0.15) is 29.5 Å². The number of carbonyl (C=O) groups is 1. The molecule has 3 aromatic carbocycles. The van der Waals surface area contributed by atoms with E-state index in [0.29, 0.717) is 25.1 Å². The number of carbonyl (C=O) groups excluding carboxylic acids is 1. The van der Waals surface area contributed by atoms with E-state index in [-0.39, 0.29) is 22.7 Å². The van der Waals surface area contributed by atoms with Gasteiger partial charge in [-0.1, -0.05) is 36.4 Å². The van der Waals surface area contributed by atoms with Crippen molar-refractivity contribution in [3.8, 4) is 5.75 Å². The zero-order valence-electron chi connectivity index (χ0n) is 23.7. The first kappa shape index (κ1) is 28.9. The average molecular weight is 601 g/mol. The fraction of sp³-hybridized carbons (Fsp3) is 0.281. The number of benzene rings is 3. The van der Waals surface area contributed by atoms with E-state index in [1.807, 2.05) is 48.5 Å². The van der Waals surface area contributed by atoms with Crippen LogP contribution in [0.4, 0.5) is 10.5 Å². The molecule has 1 unspecified atom stereocenters. The Morgan fingerprint density at radius 3 is 2.40 bits per heavy atom. The third kappa shape index (κ3) is 6.16. The van der Waals surface area contributed by atoms with Crippen LogP contribution in [0.5, 0.6) is 5.75 Å². The highest BCUT2D eigenvalue weighted by Gasteiger charge is 2.34. The number of amides is 2. The largest absolute Gasteiger partial charge is 0.508 e. The van der Waals surface area contributed by atoms with Crippen LogP contribution in [0.25, 0.3) is 5.70 Å². The number of anilines is 1. The topological polar surface area (TPSA) is 140 Å². The normalized spacial score (nSPS) is 19.0. The Morgan fingerprint density at radius 2 is 1.67 bits per heavy atom. The van der Waals surface area contributed by atoms with Crippen molar-refractivity contribution in [1.29, 1.82) is 0 Å². The van der Waals surface area contributed by atoms with Crippen LogP contribution < -0.4 is 26.6 Å². The van der Waals surface area contributed by atoms with E-state index in [2.05, 4.69) is 16.0 Å². The minimum Gasteiger partial charge on any atom is -0.508 e. The van der Waals surface area contributed by atoms with Crippen LogP contribution in [-0.2, 0) is 23.0 Å². The molecule has 0 saturated carbocycles. The zero-order valence-corrected chi connectivity index (χ0v) is 24.6. The number of hydrogen-bond acceptors (Lipinski definition) is 7. The van der Waals surface area contributed by atoms with Crippen LogP contribution in [-0.4, -0.2) is 55.7 Å². The molecule has 43 heavy (non-hydrogen) atoms. The zero-order chi connectivity index (χ0) is 30.0. The number of piperidine rings is 1. The van der Waals surface area contributed by atoms with Crippen molar-refractivity contribution < 1.29 is 18.3 Å². The molecule has 1 atom stereocenters. The molecule has 1 saturated heterocycles. The van der Waals surface area contributed by atoms with E-state index < -0.39 is 16.2 Å². The Balaban J connectivity index is 1.25. The predicted octanol–water partition coefficient (Wildman–Crippen LogP) is 3.22. The number of rotatable bonds is 9. The standard InChI is InChI=1S/C32H36N6O4S/c33-20-23-4-8-26(9-5-23)37-21-25-19-30(35-31(25)36-32(37)40)24-2-1-3-29(18-24)43(41,42)38(27-12-15-34-16-13-27)17-14-22-6-10-28(39)11-7-22/h1-11,18-19,21,27,31,34-35,39H,12-17,20,33H2,(H,36,40). The molecule has 6 rings (SSSR count). The second-order valence-electron chi connectivity index (χ2n) is 11.0. The first-order valence-corrected chi connectivity index (χ1v) is 16.0. The summed E-state index contributed by atoms with van der Waals surface area (Å²) in [6.07, 6.45) is 5.33. The highest BCUT2D eigenvalue weighted by molar-refractivity contribution is 7.89. The molecule has 0 aromatic heterocycles. The molecule has 3 heterocycles. The molecule has 0 spiro atoms.